The van der Waals surface area contributed by atoms with E-state index in [1.54, 1.807) is 60.7 Å². The molecular weight excluding hydrogens is 430 g/mol. The van der Waals surface area contributed by atoms with Gasteiger partial charge in [-0.1, -0.05) is 37.1 Å². The number of carbonyl (C=O) groups excluding carboxylic acids is 2. The molecule has 1 aromatic heterocycles. The lowest BCUT2D eigenvalue weighted by Gasteiger charge is -2.08. The Bertz CT molecular complexity index is 1390. The number of aryl methyl sites for hydroxylation is 1. The molecule has 0 radical (unpaired) electrons. The number of ether oxygens (including phenoxy) is 1. The molecule has 1 N–H and O–H groups in total. The van der Waals surface area contributed by atoms with Gasteiger partial charge >= 0.3 is 5.97 Å². The monoisotopic (exact) mass is 455 g/mol. The number of hydrogen-bond donors (Lipinski definition) is 1. The average Bonchev–Trinajstić information content (AvgIpc) is 2.85. The minimum absolute atomic E-state index is 0.112. The van der Waals surface area contributed by atoms with Crippen LogP contribution >= 0.6 is 0 Å². The van der Waals surface area contributed by atoms with E-state index in [-0.39, 0.29) is 17.3 Å². The van der Waals surface area contributed by atoms with Crippen molar-refractivity contribution in [2.75, 3.05) is 11.9 Å². The summed E-state index contributed by atoms with van der Waals surface area (Å²) in [5.74, 6) is -0.229. The van der Waals surface area contributed by atoms with Gasteiger partial charge in [-0.05, 0) is 61.9 Å². The lowest BCUT2D eigenvalue weighted by molar-refractivity contribution is 0.0499. The van der Waals surface area contributed by atoms with Crippen molar-refractivity contribution in [2.24, 2.45) is 0 Å². The Morgan fingerprint density at radius 2 is 1.62 bits per heavy atom. The summed E-state index contributed by atoms with van der Waals surface area (Å²) in [7, 11) is 0. The third kappa shape index (κ3) is 5.23. The Balaban J connectivity index is 1.44. The summed E-state index contributed by atoms with van der Waals surface area (Å²) in [4.78, 5) is 37.1. The van der Waals surface area contributed by atoms with E-state index in [2.05, 4.69) is 5.32 Å². The molecule has 1 heterocycles. The predicted octanol–water partition coefficient (Wildman–Crippen LogP) is 5.98. The first kappa shape index (κ1) is 23.0. The van der Waals surface area contributed by atoms with Crippen LogP contribution in [0, 0.1) is 6.92 Å². The van der Waals surface area contributed by atoms with Crippen LogP contribution in [-0.4, -0.2) is 18.5 Å². The Hall–Kier alpha value is -4.19. The summed E-state index contributed by atoms with van der Waals surface area (Å²) in [6, 6.07) is 20.3. The molecule has 0 aliphatic heterocycles. The van der Waals surface area contributed by atoms with Crippen LogP contribution in [0.1, 0.15) is 46.0 Å². The average molecular weight is 456 g/mol. The standard InChI is InChI=1S/C28H25NO5/c1-3-4-15-33-28(32)21-10-12-22(13-11-21)29-27(31)20-8-6-19(7-9-20)26-17-24(30)23-16-18(2)5-14-25(23)34-26/h5-14,16-17H,3-4,15H2,1-2H3,(H,29,31). The van der Waals surface area contributed by atoms with Gasteiger partial charge in [0.1, 0.15) is 11.3 Å². The van der Waals surface area contributed by atoms with Crippen LogP contribution in [-0.2, 0) is 4.74 Å². The smallest absolute Gasteiger partial charge is 0.338 e. The maximum Gasteiger partial charge on any atom is 0.338 e. The number of unbranched alkanes of at least 4 members (excludes halogenated alkanes) is 1. The Kier molecular flexibility index (Phi) is 6.87. The Morgan fingerprint density at radius 1 is 0.912 bits per heavy atom. The quantitative estimate of drug-likeness (QED) is 0.274. The lowest BCUT2D eigenvalue weighted by atomic mass is 10.1. The molecule has 1 amide bonds. The molecule has 0 aliphatic rings. The maximum atomic E-state index is 12.6. The summed E-state index contributed by atoms with van der Waals surface area (Å²) < 4.78 is 11.1. The number of carbonyl (C=O) groups is 2. The molecule has 0 spiro atoms. The van der Waals surface area contributed by atoms with Gasteiger partial charge in [-0.15, -0.1) is 0 Å². The van der Waals surface area contributed by atoms with Gasteiger partial charge in [0, 0.05) is 22.9 Å². The van der Waals surface area contributed by atoms with Gasteiger partial charge in [0.25, 0.3) is 5.91 Å². The summed E-state index contributed by atoms with van der Waals surface area (Å²) in [5.41, 5.74) is 3.55. The molecule has 34 heavy (non-hydrogen) atoms. The van der Waals surface area contributed by atoms with E-state index in [9.17, 15) is 14.4 Å². The van der Waals surface area contributed by atoms with E-state index >= 15 is 0 Å². The molecule has 0 atom stereocenters. The van der Waals surface area contributed by atoms with Crippen molar-refractivity contribution >= 4 is 28.5 Å². The second kappa shape index (κ2) is 10.2. The minimum atomic E-state index is -0.377. The molecule has 0 saturated carbocycles. The molecule has 3 aromatic carbocycles. The molecule has 0 unspecified atom stereocenters. The third-order valence-corrected chi connectivity index (χ3v) is 5.42. The van der Waals surface area contributed by atoms with Crippen LogP contribution in [0.15, 0.2) is 82.0 Å². The van der Waals surface area contributed by atoms with Crippen molar-refractivity contribution in [3.8, 4) is 11.3 Å². The fraction of sp³-hybridized carbons (Fsp3) is 0.179. The van der Waals surface area contributed by atoms with Crippen LogP contribution in [0.5, 0.6) is 0 Å². The summed E-state index contributed by atoms with van der Waals surface area (Å²) in [5, 5.41) is 3.35. The number of fused-ring (bicyclic) bond motifs is 1. The fourth-order valence-corrected chi connectivity index (χ4v) is 3.48. The van der Waals surface area contributed by atoms with Gasteiger partial charge in [0.05, 0.1) is 17.6 Å². The SMILES string of the molecule is CCCCOC(=O)c1ccc(NC(=O)c2ccc(-c3cc(=O)c4cc(C)ccc4o3)cc2)cc1. The van der Waals surface area contributed by atoms with Crippen LogP contribution in [0.2, 0.25) is 0 Å². The van der Waals surface area contributed by atoms with Gasteiger partial charge in [0.2, 0.25) is 0 Å². The van der Waals surface area contributed by atoms with Crippen molar-refractivity contribution in [3.63, 3.8) is 0 Å². The van der Waals surface area contributed by atoms with Gasteiger partial charge in [0.15, 0.2) is 5.43 Å². The zero-order chi connectivity index (χ0) is 24.1. The third-order valence-electron chi connectivity index (χ3n) is 5.42. The highest BCUT2D eigenvalue weighted by atomic mass is 16.5. The van der Waals surface area contributed by atoms with Gasteiger partial charge in [-0.3, -0.25) is 9.59 Å². The van der Waals surface area contributed by atoms with Crippen molar-refractivity contribution < 1.29 is 18.7 Å². The van der Waals surface area contributed by atoms with Crippen molar-refractivity contribution in [1.82, 2.24) is 0 Å². The zero-order valence-electron chi connectivity index (χ0n) is 19.1. The number of anilines is 1. The molecular formula is C28H25NO5. The lowest BCUT2D eigenvalue weighted by Crippen LogP contribution is -2.12. The molecule has 0 bridgehead atoms. The van der Waals surface area contributed by atoms with Crippen molar-refractivity contribution in [2.45, 2.75) is 26.7 Å². The first-order valence-electron chi connectivity index (χ1n) is 11.2. The van der Waals surface area contributed by atoms with Crippen molar-refractivity contribution in [3.05, 3.63) is 99.7 Å². The largest absolute Gasteiger partial charge is 0.462 e. The normalized spacial score (nSPS) is 10.8. The second-order valence-corrected chi connectivity index (χ2v) is 8.07. The second-order valence-electron chi connectivity index (χ2n) is 8.07. The van der Waals surface area contributed by atoms with Gasteiger partial charge in [-0.2, -0.15) is 0 Å². The van der Waals surface area contributed by atoms with E-state index in [0.29, 0.717) is 45.7 Å². The van der Waals surface area contributed by atoms with Gasteiger partial charge < -0.3 is 14.5 Å². The molecule has 6 nitrogen and oxygen atoms in total. The maximum absolute atomic E-state index is 12.6. The van der Waals surface area contributed by atoms with Crippen LogP contribution in [0.25, 0.3) is 22.3 Å². The molecule has 4 rings (SSSR count). The Morgan fingerprint density at radius 3 is 2.32 bits per heavy atom. The molecule has 6 heteroatoms. The Labute approximate surface area is 197 Å². The fourth-order valence-electron chi connectivity index (χ4n) is 3.48. The first-order valence-corrected chi connectivity index (χ1v) is 11.2. The molecule has 0 fully saturated rings. The van der Waals surface area contributed by atoms with E-state index in [4.69, 9.17) is 9.15 Å². The van der Waals surface area contributed by atoms with E-state index in [1.807, 2.05) is 19.9 Å². The molecule has 0 saturated heterocycles. The van der Waals surface area contributed by atoms with E-state index in [0.717, 1.165) is 18.4 Å². The predicted molar refractivity (Wildman–Crippen MR) is 132 cm³/mol. The highest BCUT2D eigenvalue weighted by Crippen LogP contribution is 2.23. The number of rotatable bonds is 7. The number of nitrogens with one attached hydrogen (secondary N) is 1. The topological polar surface area (TPSA) is 85.6 Å². The number of amides is 1. The van der Waals surface area contributed by atoms with Crippen LogP contribution in [0.4, 0.5) is 5.69 Å². The van der Waals surface area contributed by atoms with Crippen LogP contribution < -0.4 is 10.7 Å². The van der Waals surface area contributed by atoms with E-state index < -0.39 is 0 Å². The summed E-state index contributed by atoms with van der Waals surface area (Å²) in [6.45, 7) is 4.35. The van der Waals surface area contributed by atoms with Gasteiger partial charge in [-0.25, -0.2) is 4.79 Å². The summed E-state index contributed by atoms with van der Waals surface area (Å²) in [6.07, 6.45) is 1.78. The number of esters is 1. The number of hydrogen-bond acceptors (Lipinski definition) is 5. The first-order chi connectivity index (χ1) is 16.4. The molecule has 172 valence electrons. The van der Waals surface area contributed by atoms with Crippen LogP contribution in [0.3, 0.4) is 0 Å². The number of benzene rings is 3. The van der Waals surface area contributed by atoms with E-state index in [1.165, 1.54) is 6.07 Å². The summed E-state index contributed by atoms with van der Waals surface area (Å²) >= 11 is 0. The minimum Gasteiger partial charge on any atom is -0.462 e. The van der Waals surface area contributed by atoms with Crippen molar-refractivity contribution in [1.29, 1.82) is 0 Å². The zero-order valence-corrected chi connectivity index (χ0v) is 19.1. The highest BCUT2D eigenvalue weighted by Gasteiger charge is 2.11. The molecule has 4 aromatic rings. The molecule has 0 aliphatic carbocycles. The highest BCUT2D eigenvalue weighted by molar-refractivity contribution is 6.04.